The fraction of sp³-hybridized carbons (Fsp3) is 0.0526. The van der Waals surface area contributed by atoms with E-state index in [0.717, 1.165) is 17.7 Å². The van der Waals surface area contributed by atoms with Crippen LogP contribution in [0, 0.1) is 0 Å². The van der Waals surface area contributed by atoms with Gasteiger partial charge in [0.15, 0.2) is 5.13 Å². The number of benzene rings is 2. The molecule has 0 aliphatic carbocycles. The van der Waals surface area contributed by atoms with Gasteiger partial charge in [-0.15, -0.1) is 11.3 Å². The minimum absolute atomic E-state index is 0.596. The standard InChI is InChI=1S/C19H15N3S/c20-19-22-18(15-8-4-10-21-12-15)17(23-19)11-14-7-3-6-13-5-1-2-9-16(13)14/h1-10,12H,11H2,(H2,20,22). The van der Waals surface area contributed by atoms with Gasteiger partial charge in [-0.3, -0.25) is 4.98 Å². The molecule has 0 radical (unpaired) electrons. The maximum Gasteiger partial charge on any atom is 0.180 e. The van der Waals surface area contributed by atoms with E-state index in [-0.39, 0.29) is 0 Å². The number of nitrogens with zero attached hydrogens (tertiary/aromatic N) is 2. The molecule has 112 valence electrons. The van der Waals surface area contributed by atoms with E-state index in [2.05, 4.69) is 52.4 Å². The Hall–Kier alpha value is -2.72. The van der Waals surface area contributed by atoms with Crippen molar-refractivity contribution in [2.75, 3.05) is 5.73 Å². The summed E-state index contributed by atoms with van der Waals surface area (Å²) in [7, 11) is 0. The molecule has 4 heteroatoms. The third-order valence-corrected chi connectivity index (χ3v) is 4.76. The van der Waals surface area contributed by atoms with Gasteiger partial charge in [-0.2, -0.15) is 0 Å². The van der Waals surface area contributed by atoms with Crippen molar-refractivity contribution in [2.24, 2.45) is 0 Å². The Labute approximate surface area is 138 Å². The van der Waals surface area contributed by atoms with E-state index in [4.69, 9.17) is 5.73 Å². The number of fused-ring (bicyclic) bond motifs is 1. The molecule has 3 nitrogen and oxygen atoms in total. The highest BCUT2D eigenvalue weighted by Gasteiger charge is 2.13. The molecule has 0 fully saturated rings. The largest absolute Gasteiger partial charge is 0.375 e. The number of nitrogens with two attached hydrogens (primary N) is 1. The minimum Gasteiger partial charge on any atom is -0.375 e. The third kappa shape index (κ3) is 2.69. The molecule has 0 aliphatic rings. The molecule has 0 atom stereocenters. The highest BCUT2D eigenvalue weighted by Crippen LogP contribution is 2.32. The summed E-state index contributed by atoms with van der Waals surface area (Å²) in [5.41, 5.74) is 9.21. The van der Waals surface area contributed by atoms with Crippen LogP contribution in [0.4, 0.5) is 5.13 Å². The lowest BCUT2D eigenvalue weighted by molar-refractivity contribution is 1.23. The first kappa shape index (κ1) is 13.9. The highest BCUT2D eigenvalue weighted by molar-refractivity contribution is 7.15. The van der Waals surface area contributed by atoms with Crippen LogP contribution in [0.3, 0.4) is 0 Å². The monoisotopic (exact) mass is 317 g/mol. The van der Waals surface area contributed by atoms with E-state index in [1.165, 1.54) is 21.2 Å². The topological polar surface area (TPSA) is 51.8 Å². The fourth-order valence-electron chi connectivity index (χ4n) is 2.84. The summed E-state index contributed by atoms with van der Waals surface area (Å²) in [4.78, 5) is 9.88. The maximum atomic E-state index is 5.97. The first-order chi connectivity index (χ1) is 11.3. The van der Waals surface area contributed by atoms with E-state index in [1.807, 2.05) is 18.3 Å². The second-order valence-electron chi connectivity index (χ2n) is 5.38. The van der Waals surface area contributed by atoms with Gasteiger partial charge < -0.3 is 5.73 Å². The molecule has 0 saturated carbocycles. The lowest BCUT2D eigenvalue weighted by atomic mass is 10.0. The number of anilines is 1. The lowest BCUT2D eigenvalue weighted by Gasteiger charge is -2.07. The summed E-state index contributed by atoms with van der Waals surface area (Å²) in [6, 6.07) is 18.8. The fourth-order valence-corrected chi connectivity index (χ4v) is 3.71. The van der Waals surface area contributed by atoms with E-state index < -0.39 is 0 Å². The van der Waals surface area contributed by atoms with Gasteiger partial charge in [-0.25, -0.2) is 4.98 Å². The Morgan fingerprint density at radius 3 is 2.70 bits per heavy atom. The molecule has 0 bridgehead atoms. The van der Waals surface area contributed by atoms with Crippen LogP contribution in [0.5, 0.6) is 0 Å². The predicted molar refractivity (Wildman–Crippen MR) is 96.5 cm³/mol. The van der Waals surface area contributed by atoms with E-state index in [1.54, 1.807) is 17.5 Å². The Balaban J connectivity index is 1.80. The molecule has 23 heavy (non-hydrogen) atoms. The minimum atomic E-state index is 0.596. The van der Waals surface area contributed by atoms with Crippen molar-refractivity contribution in [1.29, 1.82) is 0 Å². The molecule has 0 spiro atoms. The van der Waals surface area contributed by atoms with Gasteiger partial charge >= 0.3 is 0 Å². The SMILES string of the molecule is Nc1nc(-c2cccnc2)c(Cc2cccc3ccccc23)s1. The van der Waals surface area contributed by atoms with Crippen molar-refractivity contribution in [2.45, 2.75) is 6.42 Å². The second kappa shape index (κ2) is 5.82. The van der Waals surface area contributed by atoms with Crippen molar-refractivity contribution < 1.29 is 0 Å². The van der Waals surface area contributed by atoms with Crippen LogP contribution < -0.4 is 5.73 Å². The number of aromatic nitrogens is 2. The van der Waals surface area contributed by atoms with Gasteiger partial charge in [-0.05, 0) is 28.5 Å². The summed E-state index contributed by atoms with van der Waals surface area (Å²) in [6.45, 7) is 0. The van der Waals surface area contributed by atoms with Crippen LogP contribution in [-0.2, 0) is 6.42 Å². The second-order valence-corrected chi connectivity index (χ2v) is 6.50. The van der Waals surface area contributed by atoms with Crippen LogP contribution in [0.1, 0.15) is 10.4 Å². The van der Waals surface area contributed by atoms with Gasteiger partial charge in [0.1, 0.15) is 0 Å². The number of thiazole rings is 1. The molecule has 0 amide bonds. The maximum absolute atomic E-state index is 5.97. The number of nitrogen functional groups attached to an aromatic ring is 1. The van der Waals surface area contributed by atoms with Gasteiger partial charge in [-0.1, -0.05) is 42.5 Å². The average Bonchev–Trinajstić information content (AvgIpc) is 2.96. The van der Waals surface area contributed by atoms with Gasteiger partial charge in [0.05, 0.1) is 5.69 Å². The zero-order valence-electron chi connectivity index (χ0n) is 12.4. The summed E-state index contributed by atoms with van der Waals surface area (Å²) < 4.78 is 0. The normalized spacial score (nSPS) is 11.0. The van der Waals surface area contributed by atoms with E-state index in [0.29, 0.717) is 5.13 Å². The molecule has 2 aromatic heterocycles. The zero-order chi connectivity index (χ0) is 15.6. The third-order valence-electron chi connectivity index (χ3n) is 3.88. The quantitative estimate of drug-likeness (QED) is 0.604. The Bertz CT molecular complexity index is 955. The molecule has 0 saturated heterocycles. The Kier molecular flexibility index (Phi) is 3.52. The Morgan fingerprint density at radius 2 is 1.83 bits per heavy atom. The van der Waals surface area contributed by atoms with E-state index >= 15 is 0 Å². The lowest BCUT2D eigenvalue weighted by Crippen LogP contribution is -1.91. The number of hydrogen-bond donors (Lipinski definition) is 1. The predicted octanol–water partition coefficient (Wildman–Crippen LogP) is 4.53. The van der Waals surface area contributed by atoms with Crippen molar-refractivity contribution in [3.8, 4) is 11.3 Å². The van der Waals surface area contributed by atoms with Crippen molar-refractivity contribution in [3.05, 3.63) is 77.4 Å². The number of rotatable bonds is 3. The van der Waals surface area contributed by atoms with Crippen LogP contribution >= 0.6 is 11.3 Å². The van der Waals surface area contributed by atoms with Crippen molar-refractivity contribution in [3.63, 3.8) is 0 Å². The van der Waals surface area contributed by atoms with Gasteiger partial charge in [0.25, 0.3) is 0 Å². The summed E-state index contributed by atoms with van der Waals surface area (Å²) >= 11 is 1.55. The number of pyridine rings is 1. The Morgan fingerprint density at radius 1 is 0.957 bits per heavy atom. The smallest absolute Gasteiger partial charge is 0.180 e. The molecule has 4 rings (SSSR count). The van der Waals surface area contributed by atoms with Crippen LogP contribution in [0.25, 0.3) is 22.0 Å². The van der Waals surface area contributed by atoms with Crippen LogP contribution in [0.15, 0.2) is 67.0 Å². The molecule has 2 aromatic carbocycles. The summed E-state index contributed by atoms with van der Waals surface area (Å²) in [5, 5.41) is 3.13. The van der Waals surface area contributed by atoms with Gasteiger partial charge in [0, 0.05) is 29.3 Å². The van der Waals surface area contributed by atoms with Crippen LogP contribution in [-0.4, -0.2) is 9.97 Å². The molecular formula is C19H15N3S. The van der Waals surface area contributed by atoms with Crippen molar-refractivity contribution >= 4 is 27.2 Å². The molecule has 2 heterocycles. The van der Waals surface area contributed by atoms with Gasteiger partial charge in [0.2, 0.25) is 0 Å². The highest BCUT2D eigenvalue weighted by atomic mass is 32.1. The molecule has 0 unspecified atom stereocenters. The number of hydrogen-bond acceptors (Lipinski definition) is 4. The van der Waals surface area contributed by atoms with E-state index in [9.17, 15) is 0 Å². The summed E-state index contributed by atoms with van der Waals surface area (Å²) in [6.07, 6.45) is 4.42. The molecule has 2 N–H and O–H groups in total. The first-order valence-electron chi connectivity index (χ1n) is 7.43. The van der Waals surface area contributed by atoms with Crippen molar-refractivity contribution in [1.82, 2.24) is 9.97 Å². The molecular weight excluding hydrogens is 302 g/mol. The summed E-state index contributed by atoms with van der Waals surface area (Å²) in [5.74, 6) is 0. The zero-order valence-corrected chi connectivity index (χ0v) is 13.3. The molecule has 4 aromatic rings. The molecule has 0 aliphatic heterocycles. The first-order valence-corrected chi connectivity index (χ1v) is 8.25. The van der Waals surface area contributed by atoms with Crippen LogP contribution in [0.2, 0.25) is 0 Å². The average molecular weight is 317 g/mol.